The lowest BCUT2D eigenvalue weighted by Gasteiger charge is -2.26. The van der Waals surface area contributed by atoms with E-state index in [4.69, 9.17) is 16.3 Å². The maximum Gasteiger partial charge on any atom is 0.340 e. The molecule has 0 radical (unpaired) electrons. The molecule has 8 heteroatoms. The Morgan fingerprint density at radius 1 is 1.18 bits per heavy atom. The molecule has 1 aliphatic rings. The molecule has 1 heterocycles. The van der Waals surface area contributed by atoms with Crippen LogP contribution in [0.4, 0.5) is 5.69 Å². The smallest absolute Gasteiger partial charge is 0.340 e. The summed E-state index contributed by atoms with van der Waals surface area (Å²) in [6.07, 6.45) is 2.71. The maximum absolute atomic E-state index is 12.3. The van der Waals surface area contributed by atoms with Gasteiger partial charge < -0.3 is 9.64 Å². The van der Waals surface area contributed by atoms with Gasteiger partial charge in [-0.2, -0.15) is 0 Å². The Kier molecular flexibility index (Phi) is 6.06. The number of nitro benzene ring substituents is 1. The number of nitrogens with zero attached hydrogens (tertiary/aromatic N) is 2. The second kappa shape index (κ2) is 8.67. The first kappa shape index (κ1) is 19.6. The number of hydrogen-bond donors (Lipinski definition) is 0. The fourth-order valence-electron chi connectivity index (χ4n) is 2.89. The van der Waals surface area contributed by atoms with Crippen LogP contribution in [0.25, 0.3) is 5.57 Å². The topological polar surface area (TPSA) is 89.8 Å². The fourth-order valence-corrected chi connectivity index (χ4v) is 3.14. The molecule has 28 heavy (non-hydrogen) atoms. The van der Waals surface area contributed by atoms with Crippen LogP contribution in [0.3, 0.4) is 0 Å². The van der Waals surface area contributed by atoms with Gasteiger partial charge in [0.05, 0.1) is 15.5 Å². The van der Waals surface area contributed by atoms with Gasteiger partial charge in [-0.05, 0) is 23.6 Å². The minimum atomic E-state index is -0.800. The van der Waals surface area contributed by atoms with Gasteiger partial charge in [0.15, 0.2) is 6.61 Å². The molecule has 0 aromatic heterocycles. The number of amides is 1. The van der Waals surface area contributed by atoms with E-state index in [2.05, 4.69) is 0 Å². The summed E-state index contributed by atoms with van der Waals surface area (Å²) in [6, 6.07) is 13.4. The molecule has 1 amide bonds. The van der Waals surface area contributed by atoms with Crippen molar-refractivity contribution in [2.24, 2.45) is 0 Å². The molecule has 2 aromatic rings. The Hall–Kier alpha value is -3.19. The summed E-state index contributed by atoms with van der Waals surface area (Å²) in [5.41, 5.74) is 2.06. The predicted molar refractivity (Wildman–Crippen MR) is 104 cm³/mol. The molecule has 0 N–H and O–H groups in total. The standard InChI is InChI=1S/C20H17ClN2O5/c21-18-12-16(23(26)27)6-7-17(18)20(25)28-13-19(24)22-10-8-15(9-11-22)14-4-2-1-3-5-14/h1-8,12H,9-11,13H2. The SMILES string of the molecule is O=C(OCC(=O)N1CC=C(c2ccccc2)CC1)c1ccc([N+](=O)[O-])cc1Cl. The van der Waals surface area contributed by atoms with E-state index >= 15 is 0 Å². The first-order chi connectivity index (χ1) is 13.5. The lowest BCUT2D eigenvalue weighted by molar-refractivity contribution is -0.384. The number of hydrogen-bond acceptors (Lipinski definition) is 5. The zero-order chi connectivity index (χ0) is 20.1. The minimum absolute atomic E-state index is 0.0232. The van der Waals surface area contributed by atoms with Crippen LogP contribution in [0, 0.1) is 10.1 Å². The second-order valence-electron chi connectivity index (χ2n) is 6.18. The normalized spacial score (nSPS) is 13.6. The van der Waals surface area contributed by atoms with Crippen molar-refractivity contribution in [3.05, 3.63) is 80.9 Å². The van der Waals surface area contributed by atoms with Gasteiger partial charge in [-0.1, -0.05) is 48.0 Å². The van der Waals surface area contributed by atoms with Gasteiger partial charge in [0.25, 0.3) is 11.6 Å². The monoisotopic (exact) mass is 400 g/mol. The highest BCUT2D eigenvalue weighted by atomic mass is 35.5. The lowest BCUT2D eigenvalue weighted by Crippen LogP contribution is -2.37. The average molecular weight is 401 g/mol. The minimum Gasteiger partial charge on any atom is -0.452 e. The molecule has 3 rings (SSSR count). The average Bonchev–Trinajstić information content (AvgIpc) is 2.72. The van der Waals surface area contributed by atoms with Crippen molar-refractivity contribution in [3.63, 3.8) is 0 Å². The van der Waals surface area contributed by atoms with Crippen molar-refractivity contribution in [1.82, 2.24) is 4.90 Å². The quantitative estimate of drug-likeness (QED) is 0.433. The van der Waals surface area contributed by atoms with Crippen molar-refractivity contribution in [2.75, 3.05) is 19.7 Å². The lowest BCUT2D eigenvalue weighted by atomic mass is 10.00. The van der Waals surface area contributed by atoms with Crippen molar-refractivity contribution in [3.8, 4) is 0 Å². The number of benzene rings is 2. The number of esters is 1. The molecule has 1 aliphatic heterocycles. The highest BCUT2D eigenvalue weighted by Crippen LogP contribution is 2.24. The van der Waals surface area contributed by atoms with Gasteiger partial charge >= 0.3 is 5.97 Å². The molecule has 0 bridgehead atoms. The largest absolute Gasteiger partial charge is 0.452 e. The molecular formula is C20H17ClN2O5. The fraction of sp³-hybridized carbons (Fsp3) is 0.200. The molecular weight excluding hydrogens is 384 g/mol. The summed E-state index contributed by atoms with van der Waals surface area (Å²) in [6.45, 7) is 0.564. The van der Waals surface area contributed by atoms with Gasteiger partial charge in [0, 0.05) is 25.2 Å². The van der Waals surface area contributed by atoms with E-state index in [1.165, 1.54) is 11.6 Å². The van der Waals surface area contributed by atoms with Gasteiger partial charge in [-0.25, -0.2) is 4.79 Å². The van der Waals surface area contributed by atoms with E-state index in [-0.39, 0.29) is 22.2 Å². The molecule has 2 aromatic carbocycles. The van der Waals surface area contributed by atoms with E-state index < -0.39 is 17.5 Å². The molecule has 144 valence electrons. The molecule has 0 atom stereocenters. The molecule has 0 aliphatic carbocycles. The third kappa shape index (κ3) is 4.55. The number of carbonyl (C=O) groups excluding carboxylic acids is 2. The second-order valence-corrected chi connectivity index (χ2v) is 6.59. The molecule has 0 saturated heterocycles. The summed E-state index contributed by atoms with van der Waals surface area (Å²) < 4.78 is 5.03. The number of non-ortho nitro benzene ring substituents is 1. The van der Waals surface area contributed by atoms with E-state index in [1.54, 1.807) is 4.90 Å². The van der Waals surface area contributed by atoms with E-state index in [0.29, 0.717) is 13.1 Å². The number of ether oxygens (including phenoxy) is 1. The van der Waals surface area contributed by atoms with Crippen molar-refractivity contribution < 1.29 is 19.2 Å². The summed E-state index contributed by atoms with van der Waals surface area (Å²) in [7, 11) is 0. The van der Waals surface area contributed by atoms with Crippen molar-refractivity contribution >= 4 is 34.7 Å². The number of rotatable bonds is 5. The van der Waals surface area contributed by atoms with Gasteiger partial charge in [0.2, 0.25) is 0 Å². The number of halogens is 1. The predicted octanol–water partition coefficient (Wildman–Crippen LogP) is 3.72. The van der Waals surface area contributed by atoms with Crippen LogP contribution in [0.1, 0.15) is 22.3 Å². The molecule has 0 unspecified atom stereocenters. The zero-order valence-electron chi connectivity index (χ0n) is 14.8. The Morgan fingerprint density at radius 2 is 1.93 bits per heavy atom. The summed E-state index contributed by atoms with van der Waals surface area (Å²) in [5, 5.41) is 10.6. The first-order valence-electron chi connectivity index (χ1n) is 8.59. The van der Waals surface area contributed by atoms with Crippen LogP contribution in [-0.4, -0.2) is 41.4 Å². The molecule has 0 spiro atoms. The summed E-state index contributed by atoms with van der Waals surface area (Å²) in [4.78, 5) is 36.1. The van der Waals surface area contributed by atoms with E-state index in [9.17, 15) is 19.7 Å². The Labute approximate surface area is 166 Å². The van der Waals surface area contributed by atoms with Crippen molar-refractivity contribution in [2.45, 2.75) is 6.42 Å². The number of carbonyl (C=O) groups is 2. The van der Waals surface area contributed by atoms with Crippen LogP contribution in [0.2, 0.25) is 5.02 Å². The first-order valence-corrected chi connectivity index (χ1v) is 8.97. The zero-order valence-corrected chi connectivity index (χ0v) is 15.6. The van der Waals surface area contributed by atoms with Crippen LogP contribution in [0.5, 0.6) is 0 Å². The third-order valence-corrected chi connectivity index (χ3v) is 4.73. The Morgan fingerprint density at radius 3 is 2.54 bits per heavy atom. The maximum atomic E-state index is 12.3. The molecule has 0 saturated carbocycles. The summed E-state index contributed by atoms with van der Waals surface area (Å²) >= 11 is 5.90. The Bertz CT molecular complexity index is 943. The number of nitro groups is 1. The van der Waals surface area contributed by atoms with Crippen LogP contribution < -0.4 is 0 Å². The van der Waals surface area contributed by atoms with E-state index in [1.807, 2.05) is 36.4 Å². The third-order valence-electron chi connectivity index (χ3n) is 4.42. The molecule has 0 fully saturated rings. The van der Waals surface area contributed by atoms with Gasteiger partial charge in [0.1, 0.15) is 0 Å². The summed E-state index contributed by atoms with van der Waals surface area (Å²) in [5.74, 6) is -1.11. The highest BCUT2D eigenvalue weighted by molar-refractivity contribution is 6.33. The highest BCUT2D eigenvalue weighted by Gasteiger charge is 2.21. The van der Waals surface area contributed by atoms with E-state index in [0.717, 1.165) is 24.1 Å². The van der Waals surface area contributed by atoms with Gasteiger partial charge in [-0.3, -0.25) is 14.9 Å². The Balaban J connectivity index is 1.55. The van der Waals surface area contributed by atoms with Crippen molar-refractivity contribution in [1.29, 1.82) is 0 Å². The van der Waals surface area contributed by atoms with Crippen LogP contribution in [0.15, 0.2) is 54.6 Å². The van der Waals surface area contributed by atoms with Crippen LogP contribution >= 0.6 is 11.6 Å². The molecule has 7 nitrogen and oxygen atoms in total. The van der Waals surface area contributed by atoms with Crippen LogP contribution in [-0.2, 0) is 9.53 Å². The van der Waals surface area contributed by atoms with Gasteiger partial charge in [-0.15, -0.1) is 0 Å².